The van der Waals surface area contributed by atoms with Crippen LogP contribution in [0.25, 0.3) is 0 Å². The smallest absolute Gasteiger partial charge is 0.407 e. The normalized spacial score (nSPS) is 29.5. The van der Waals surface area contributed by atoms with E-state index in [1.165, 1.54) is 38.5 Å². The van der Waals surface area contributed by atoms with Crippen molar-refractivity contribution in [1.82, 2.24) is 10.6 Å². The summed E-state index contributed by atoms with van der Waals surface area (Å²) in [6.45, 7) is 5.73. The minimum absolute atomic E-state index is 0.264. The molecule has 0 radical (unpaired) electrons. The van der Waals surface area contributed by atoms with Crippen LogP contribution in [0.5, 0.6) is 0 Å². The molecule has 4 nitrogen and oxygen atoms in total. The van der Waals surface area contributed by atoms with E-state index in [0.717, 1.165) is 30.7 Å². The maximum absolute atomic E-state index is 11.9. The van der Waals surface area contributed by atoms with Crippen LogP contribution in [0.2, 0.25) is 0 Å². The number of rotatable bonds is 5. The molecule has 0 spiro atoms. The quantitative estimate of drug-likeness (QED) is 0.816. The molecule has 22 heavy (non-hydrogen) atoms. The molecular formula is C18H32N2O2. The van der Waals surface area contributed by atoms with E-state index >= 15 is 0 Å². The van der Waals surface area contributed by atoms with Crippen molar-refractivity contribution in [2.75, 3.05) is 0 Å². The maximum Gasteiger partial charge on any atom is 0.407 e. The van der Waals surface area contributed by atoms with Gasteiger partial charge in [-0.3, -0.25) is 0 Å². The molecule has 0 bridgehead atoms. The van der Waals surface area contributed by atoms with Gasteiger partial charge in [-0.1, -0.05) is 0 Å². The topological polar surface area (TPSA) is 50.4 Å². The number of amides is 1. The number of ether oxygens (including phenoxy) is 1. The first-order chi connectivity index (χ1) is 10.4. The van der Waals surface area contributed by atoms with Crippen LogP contribution < -0.4 is 10.6 Å². The SMILES string of the molecule is CC(C)(C)OC(=O)NC1CCCC(NC(C2CC2)C2CC2)C1. The number of alkyl carbamates (subject to hydrolysis) is 1. The number of hydrogen-bond acceptors (Lipinski definition) is 3. The first-order valence-electron chi connectivity index (χ1n) is 9.16. The van der Waals surface area contributed by atoms with Crippen LogP contribution in [0.4, 0.5) is 4.79 Å². The number of carbonyl (C=O) groups is 1. The van der Waals surface area contributed by atoms with E-state index in [4.69, 9.17) is 4.74 Å². The zero-order chi connectivity index (χ0) is 15.7. The summed E-state index contributed by atoms with van der Waals surface area (Å²) in [6.07, 6.45) is 9.98. The van der Waals surface area contributed by atoms with Gasteiger partial charge in [-0.15, -0.1) is 0 Å². The van der Waals surface area contributed by atoms with E-state index in [-0.39, 0.29) is 12.1 Å². The van der Waals surface area contributed by atoms with Gasteiger partial charge in [0.2, 0.25) is 0 Å². The average molecular weight is 308 g/mol. The standard InChI is InChI=1S/C18H32N2O2/c1-18(2,3)22-17(21)20-15-6-4-5-14(11-15)19-16(12-7-8-12)13-9-10-13/h12-16,19H,4-11H2,1-3H3,(H,20,21). The van der Waals surface area contributed by atoms with Crippen LogP contribution in [0.15, 0.2) is 0 Å². The molecular weight excluding hydrogens is 276 g/mol. The molecule has 0 aliphatic heterocycles. The lowest BCUT2D eigenvalue weighted by molar-refractivity contribution is 0.0487. The van der Waals surface area contributed by atoms with Crippen molar-refractivity contribution in [2.45, 2.75) is 95.9 Å². The third kappa shape index (κ3) is 4.87. The summed E-state index contributed by atoms with van der Waals surface area (Å²) in [5.74, 6) is 1.87. The molecule has 3 aliphatic rings. The van der Waals surface area contributed by atoms with Crippen molar-refractivity contribution in [3.63, 3.8) is 0 Å². The molecule has 2 unspecified atom stereocenters. The fourth-order valence-corrected chi connectivity index (χ4v) is 3.79. The lowest BCUT2D eigenvalue weighted by atomic mass is 9.89. The number of nitrogens with one attached hydrogen (secondary N) is 2. The Morgan fingerprint density at radius 3 is 2.14 bits per heavy atom. The molecule has 0 aromatic heterocycles. The molecule has 3 saturated carbocycles. The Hall–Kier alpha value is -0.770. The predicted molar refractivity (Wildman–Crippen MR) is 87.8 cm³/mol. The minimum atomic E-state index is -0.417. The Balaban J connectivity index is 1.45. The molecule has 2 atom stereocenters. The highest BCUT2D eigenvalue weighted by atomic mass is 16.6. The molecule has 0 saturated heterocycles. The zero-order valence-corrected chi connectivity index (χ0v) is 14.4. The fraction of sp³-hybridized carbons (Fsp3) is 0.944. The molecule has 126 valence electrons. The van der Waals surface area contributed by atoms with Crippen molar-refractivity contribution in [3.05, 3.63) is 0 Å². The van der Waals surface area contributed by atoms with Crippen LogP contribution >= 0.6 is 0 Å². The van der Waals surface area contributed by atoms with Gasteiger partial charge in [0.15, 0.2) is 0 Å². The first kappa shape index (κ1) is 16.1. The number of hydrogen-bond donors (Lipinski definition) is 2. The molecule has 1 amide bonds. The Bertz CT molecular complexity index is 384. The van der Waals surface area contributed by atoms with E-state index in [9.17, 15) is 4.79 Å². The molecule has 0 aromatic carbocycles. The lowest BCUT2D eigenvalue weighted by Gasteiger charge is -2.34. The van der Waals surface area contributed by atoms with Gasteiger partial charge < -0.3 is 15.4 Å². The van der Waals surface area contributed by atoms with Crippen LogP contribution in [0.3, 0.4) is 0 Å². The Morgan fingerprint density at radius 1 is 1.00 bits per heavy atom. The second-order valence-electron chi connectivity index (χ2n) is 8.57. The monoisotopic (exact) mass is 308 g/mol. The van der Waals surface area contributed by atoms with E-state index in [0.29, 0.717) is 6.04 Å². The van der Waals surface area contributed by atoms with Gasteiger partial charge in [-0.25, -0.2) is 4.79 Å². The van der Waals surface area contributed by atoms with Gasteiger partial charge >= 0.3 is 6.09 Å². The molecule has 3 aliphatic carbocycles. The van der Waals surface area contributed by atoms with Crippen LogP contribution in [0.1, 0.15) is 72.1 Å². The van der Waals surface area contributed by atoms with Gasteiger partial charge in [0, 0.05) is 18.1 Å². The Labute approximate surface area is 134 Å². The highest BCUT2D eigenvalue weighted by Gasteiger charge is 2.42. The Morgan fingerprint density at radius 2 is 1.59 bits per heavy atom. The fourth-order valence-electron chi connectivity index (χ4n) is 3.79. The van der Waals surface area contributed by atoms with Crippen molar-refractivity contribution in [3.8, 4) is 0 Å². The molecule has 3 rings (SSSR count). The summed E-state index contributed by atoms with van der Waals surface area (Å²) in [6, 6.07) is 1.59. The van der Waals surface area contributed by atoms with Crippen molar-refractivity contribution < 1.29 is 9.53 Å². The van der Waals surface area contributed by atoms with Crippen LogP contribution in [0, 0.1) is 11.8 Å². The largest absolute Gasteiger partial charge is 0.444 e. The second kappa shape index (κ2) is 6.38. The van der Waals surface area contributed by atoms with E-state index in [2.05, 4.69) is 10.6 Å². The summed E-state index contributed by atoms with van der Waals surface area (Å²) in [7, 11) is 0. The van der Waals surface area contributed by atoms with Crippen LogP contribution in [-0.2, 0) is 4.74 Å². The van der Waals surface area contributed by atoms with Gasteiger partial charge in [-0.05, 0) is 84.0 Å². The van der Waals surface area contributed by atoms with Crippen molar-refractivity contribution >= 4 is 6.09 Å². The lowest BCUT2D eigenvalue weighted by Crippen LogP contribution is -2.49. The highest BCUT2D eigenvalue weighted by Crippen LogP contribution is 2.45. The highest BCUT2D eigenvalue weighted by molar-refractivity contribution is 5.68. The molecule has 0 heterocycles. The predicted octanol–water partition coefficient (Wildman–Crippen LogP) is 3.60. The van der Waals surface area contributed by atoms with Gasteiger partial charge in [-0.2, -0.15) is 0 Å². The van der Waals surface area contributed by atoms with Gasteiger partial charge in [0.1, 0.15) is 5.60 Å². The Kier molecular flexibility index (Phi) is 4.67. The second-order valence-corrected chi connectivity index (χ2v) is 8.57. The molecule has 4 heteroatoms. The van der Waals surface area contributed by atoms with Crippen LogP contribution in [-0.4, -0.2) is 29.8 Å². The third-order valence-corrected chi connectivity index (χ3v) is 5.08. The minimum Gasteiger partial charge on any atom is -0.444 e. The zero-order valence-electron chi connectivity index (χ0n) is 14.4. The van der Waals surface area contributed by atoms with Crippen molar-refractivity contribution in [1.29, 1.82) is 0 Å². The van der Waals surface area contributed by atoms with Gasteiger partial charge in [0.05, 0.1) is 0 Å². The molecule has 0 aromatic rings. The summed E-state index contributed by atoms with van der Waals surface area (Å²) in [4.78, 5) is 11.9. The van der Waals surface area contributed by atoms with E-state index < -0.39 is 5.60 Å². The van der Waals surface area contributed by atoms with E-state index in [1.54, 1.807) is 0 Å². The summed E-state index contributed by atoms with van der Waals surface area (Å²) >= 11 is 0. The van der Waals surface area contributed by atoms with Gasteiger partial charge in [0.25, 0.3) is 0 Å². The first-order valence-corrected chi connectivity index (χ1v) is 9.16. The summed E-state index contributed by atoms with van der Waals surface area (Å²) in [5.41, 5.74) is -0.417. The van der Waals surface area contributed by atoms with Crippen molar-refractivity contribution in [2.24, 2.45) is 11.8 Å². The molecule has 2 N–H and O–H groups in total. The summed E-state index contributed by atoms with van der Waals surface area (Å²) < 4.78 is 5.38. The molecule has 3 fully saturated rings. The summed E-state index contributed by atoms with van der Waals surface area (Å²) in [5, 5.41) is 7.01. The third-order valence-electron chi connectivity index (χ3n) is 5.08. The number of carbonyl (C=O) groups excluding carboxylic acids is 1. The maximum atomic E-state index is 11.9. The average Bonchev–Trinajstić information content (AvgIpc) is 3.26. The van der Waals surface area contributed by atoms with E-state index in [1.807, 2.05) is 20.8 Å².